The van der Waals surface area contributed by atoms with E-state index in [2.05, 4.69) is 48.9 Å². The lowest BCUT2D eigenvalue weighted by Gasteiger charge is -2.07. The fourth-order valence-corrected chi connectivity index (χ4v) is 2.42. The maximum Gasteiger partial charge on any atom is 0.153 e. The van der Waals surface area contributed by atoms with Gasteiger partial charge < -0.3 is 0 Å². The molecule has 0 aromatic carbocycles. The van der Waals surface area contributed by atoms with E-state index in [0.29, 0.717) is 0 Å². The maximum absolute atomic E-state index is 4.41. The molecular formula is C12H13Br2N3. The molecule has 0 saturated carbocycles. The largest absolute Gasteiger partial charge is 0.236 e. The lowest BCUT2D eigenvalue weighted by molar-refractivity contribution is 0.754. The molecule has 2 heterocycles. The molecule has 2 aromatic rings. The topological polar surface area (TPSA) is 30.7 Å². The molecule has 90 valence electrons. The fourth-order valence-electron chi connectivity index (χ4n) is 1.71. The van der Waals surface area contributed by atoms with Crippen molar-refractivity contribution in [2.45, 2.75) is 25.1 Å². The summed E-state index contributed by atoms with van der Waals surface area (Å²) in [5.41, 5.74) is 2.47. The van der Waals surface area contributed by atoms with Crippen molar-refractivity contribution >= 4 is 31.9 Å². The molecule has 5 heteroatoms. The SMILES string of the molecule is CCCc1c(CBr)cnn1-c1ccc(Br)cn1. The van der Waals surface area contributed by atoms with Crippen molar-refractivity contribution in [2.24, 2.45) is 0 Å². The number of pyridine rings is 1. The summed E-state index contributed by atoms with van der Waals surface area (Å²) in [4.78, 5) is 4.38. The van der Waals surface area contributed by atoms with Gasteiger partial charge in [0.15, 0.2) is 5.82 Å². The minimum Gasteiger partial charge on any atom is -0.236 e. The Morgan fingerprint density at radius 3 is 2.71 bits per heavy atom. The van der Waals surface area contributed by atoms with E-state index in [-0.39, 0.29) is 0 Å². The molecule has 17 heavy (non-hydrogen) atoms. The Morgan fingerprint density at radius 1 is 1.29 bits per heavy atom. The smallest absolute Gasteiger partial charge is 0.153 e. The van der Waals surface area contributed by atoms with Crippen LogP contribution in [0.1, 0.15) is 24.6 Å². The monoisotopic (exact) mass is 357 g/mol. The average molecular weight is 359 g/mol. The van der Waals surface area contributed by atoms with E-state index >= 15 is 0 Å². The quantitative estimate of drug-likeness (QED) is 0.776. The molecule has 0 saturated heterocycles. The average Bonchev–Trinajstić information content (AvgIpc) is 2.74. The molecule has 0 radical (unpaired) electrons. The molecule has 0 atom stereocenters. The zero-order chi connectivity index (χ0) is 12.3. The number of hydrogen-bond donors (Lipinski definition) is 0. The third-order valence-electron chi connectivity index (χ3n) is 2.51. The number of hydrogen-bond acceptors (Lipinski definition) is 2. The molecule has 0 aliphatic rings. The first kappa shape index (κ1) is 12.8. The van der Waals surface area contributed by atoms with Crippen LogP contribution < -0.4 is 0 Å². The molecule has 0 spiro atoms. The van der Waals surface area contributed by atoms with Gasteiger partial charge >= 0.3 is 0 Å². The highest BCUT2D eigenvalue weighted by Crippen LogP contribution is 2.18. The molecule has 0 N–H and O–H groups in total. The van der Waals surface area contributed by atoms with E-state index in [9.17, 15) is 0 Å². The van der Waals surface area contributed by atoms with Crippen LogP contribution in [-0.4, -0.2) is 14.8 Å². The van der Waals surface area contributed by atoms with Crippen LogP contribution in [0.15, 0.2) is 29.0 Å². The summed E-state index contributed by atoms with van der Waals surface area (Å²) in [6, 6.07) is 3.95. The van der Waals surface area contributed by atoms with Gasteiger partial charge in [-0.05, 0) is 34.5 Å². The fraction of sp³-hybridized carbons (Fsp3) is 0.333. The van der Waals surface area contributed by atoms with Crippen molar-refractivity contribution in [1.29, 1.82) is 0 Å². The van der Waals surface area contributed by atoms with Crippen LogP contribution in [0.25, 0.3) is 5.82 Å². The Balaban J connectivity index is 2.43. The molecule has 0 bridgehead atoms. The summed E-state index contributed by atoms with van der Waals surface area (Å²) < 4.78 is 2.90. The molecule has 2 rings (SSSR count). The van der Waals surface area contributed by atoms with Gasteiger partial charge in [0.25, 0.3) is 0 Å². The van der Waals surface area contributed by atoms with Crippen molar-refractivity contribution in [3.63, 3.8) is 0 Å². The lowest BCUT2D eigenvalue weighted by Crippen LogP contribution is -2.05. The van der Waals surface area contributed by atoms with E-state index < -0.39 is 0 Å². The van der Waals surface area contributed by atoms with Gasteiger partial charge in [0.1, 0.15) is 0 Å². The zero-order valence-electron chi connectivity index (χ0n) is 9.53. The van der Waals surface area contributed by atoms with Gasteiger partial charge in [0, 0.05) is 21.6 Å². The van der Waals surface area contributed by atoms with Crippen molar-refractivity contribution in [1.82, 2.24) is 14.8 Å². The van der Waals surface area contributed by atoms with Gasteiger partial charge in [-0.25, -0.2) is 9.67 Å². The Kier molecular flexibility index (Phi) is 4.34. The lowest BCUT2D eigenvalue weighted by atomic mass is 10.2. The van der Waals surface area contributed by atoms with E-state index in [4.69, 9.17) is 0 Å². The van der Waals surface area contributed by atoms with E-state index in [1.54, 1.807) is 6.20 Å². The van der Waals surface area contributed by atoms with Crippen molar-refractivity contribution in [3.8, 4) is 5.82 Å². The van der Waals surface area contributed by atoms with Gasteiger partial charge in [-0.2, -0.15) is 5.10 Å². The molecule has 0 amide bonds. The highest BCUT2D eigenvalue weighted by Gasteiger charge is 2.11. The number of halogens is 2. The summed E-state index contributed by atoms with van der Waals surface area (Å²) in [6.07, 6.45) is 5.81. The van der Waals surface area contributed by atoms with Crippen LogP contribution in [0.3, 0.4) is 0 Å². The van der Waals surface area contributed by atoms with Gasteiger partial charge in [0.2, 0.25) is 0 Å². The first-order valence-electron chi connectivity index (χ1n) is 5.50. The van der Waals surface area contributed by atoms with Crippen molar-refractivity contribution in [2.75, 3.05) is 0 Å². The Labute approximate surface area is 118 Å². The second kappa shape index (κ2) is 5.78. The minimum absolute atomic E-state index is 0.832. The van der Waals surface area contributed by atoms with Crippen LogP contribution in [-0.2, 0) is 11.8 Å². The highest BCUT2D eigenvalue weighted by atomic mass is 79.9. The zero-order valence-corrected chi connectivity index (χ0v) is 12.7. The van der Waals surface area contributed by atoms with Crippen LogP contribution in [0, 0.1) is 0 Å². The van der Waals surface area contributed by atoms with E-state index in [0.717, 1.165) is 28.5 Å². The highest BCUT2D eigenvalue weighted by molar-refractivity contribution is 9.10. The van der Waals surface area contributed by atoms with Crippen LogP contribution >= 0.6 is 31.9 Å². The van der Waals surface area contributed by atoms with Crippen LogP contribution in [0.4, 0.5) is 0 Å². The number of aromatic nitrogens is 3. The third kappa shape index (κ3) is 2.77. The second-order valence-electron chi connectivity index (χ2n) is 3.75. The van der Waals surface area contributed by atoms with Crippen molar-refractivity contribution < 1.29 is 0 Å². The Hall–Kier alpha value is -0.680. The molecule has 0 aliphatic heterocycles. The number of nitrogens with zero attached hydrogens (tertiary/aromatic N) is 3. The summed E-state index contributed by atoms with van der Waals surface area (Å²) in [6.45, 7) is 2.17. The summed E-state index contributed by atoms with van der Waals surface area (Å²) in [7, 11) is 0. The van der Waals surface area contributed by atoms with E-state index in [1.165, 1.54) is 11.3 Å². The van der Waals surface area contributed by atoms with Gasteiger partial charge in [0.05, 0.1) is 11.9 Å². The van der Waals surface area contributed by atoms with Gasteiger partial charge in [-0.15, -0.1) is 0 Å². The summed E-state index contributed by atoms with van der Waals surface area (Å²) >= 11 is 6.88. The molecular weight excluding hydrogens is 346 g/mol. The predicted octanol–water partition coefficient (Wildman–Crippen LogP) is 3.88. The maximum atomic E-state index is 4.41. The summed E-state index contributed by atoms with van der Waals surface area (Å²) in [5, 5.41) is 5.25. The Bertz CT molecular complexity index is 491. The standard InChI is InChI=1S/C12H13Br2N3/c1-2-3-11-9(6-13)7-16-17(11)12-5-4-10(14)8-15-12/h4-5,7-8H,2-3,6H2,1H3. The molecule has 2 aromatic heterocycles. The third-order valence-corrected chi connectivity index (χ3v) is 3.59. The number of alkyl halides is 1. The van der Waals surface area contributed by atoms with Gasteiger partial charge in [-0.1, -0.05) is 29.3 Å². The van der Waals surface area contributed by atoms with Crippen LogP contribution in [0.2, 0.25) is 0 Å². The summed E-state index contributed by atoms with van der Waals surface area (Å²) in [5.74, 6) is 0.865. The molecule has 0 fully saturated rings. The first-order chi connectivity index (χ1) is 8.26. The molecule has 0 unspecified atom stereocenters. The Morgan fingerprint density at radius 2 is 2.12 bits per heavy atom. The normalized spacial score (nSPS) is 10.8. The number of rotatable bonds is 4. The van der Waals surface area contributed by atoms with Gasteiger partial charge in [-0.3, -0.25) is 0 Å². The van der Waals surface area contributed by atoms with Crippen LogP contribution in [0.5, 0.6) is 0 Å². The second-order valence-corrected chi connectivity index (χ2v) is 5.22. The van der Waals surface area contributed by atoms with E-state index in [1.807, 2.05) is 23.0 Å². The molecule has 0 aliphatic carbocycles. The van der Waals surface area contributed by atoms with Crippen molar-refractivity contribution in [3.05, 3.63) is 40.3 Å². The first-order valence-corrected chi connectivity index (χ1v) is 7.41. The predicted molar refractivity (Wildman–Crippen MR) is 75.7 cm³/mol. The molecule has 3 nitrogen and oxygen atoms in total. The minimum atomic E-state index is 0.832.